The van der Waals surface area contributed by atoms with Gasteiger partial charge < -0.3 is 9.63 Å². The van der Waals surface area contributed by atoms with Crippen LogP contribution >= 0.6 is 0 Å². The van der Waals surface area contributed by atoms with E-state index in [1.54, 1.807) is 0 Å². The Kier molecular flexibility index (Phi) is 2.47. The zero-order valence-corrected chi connectivity index (χ0v) is 10.6. The Labute approximate surface area is 106 Å². The molecule has 0 bridgehead atoms. The molecule has 0 radical (unpaired) electrons. The highest BCUT2D eigenvalue weighted by Gasteiger charge is 2.46. The van der Waals surface area contributed by atoms with Gasteiger partial charge in [-0.3, -0.25) is 4.79 Å². The van der Waals surface area contributed by atoms with E-state index in [1.165, 1.54) is 0 Å². The Morgan fingerprint density at radius 3 is 2.56 bits per heavy atom. The van der Waals surface area contributed by atoms with Gasteiger partial charge in [0.25, 0.3) is 0 Å². The molecule has 0 aromatic carbocycles. The first kappa shape index (κ1) is 11.7. The number of hydrogen-bond donors (Lipinski definition) is 1. The summed E-state index contributed by atoms with van der Waals surface area (Å²) in [6.45, 7) is 2.12. The van der Waals surface area contributed by atoms with Crippen LogP contribution in [0.25, 0.3) is 0 Å². The number of hydrogen-bond acceptors (Lipinski definition) is 4. The lowest BCUT2D eigenvalue weighted by Crippen LogP contribution is -2.30. The third kappa shape index (κ3) is 1.82. The minimum Gasteiger partial charge on any atom is -0.481 e. The molecule has 2 fully saturated rings. The summed E-state index contributed by atoms with van der Waals surface area (Å²) in [5.74, 6) is 0.510. The smallest absolute Gasteiger partial charge is 0.310 e. The second-order valence-electron chi connectivity index (χ2n) is 6.04. The lowest BCUT2D eigenvalue weighted by molar-refractivity contribution is -0.148. The van der Waals surface area contributed by atoms with Gasteiger partial charge in [-0.25, -0.2) is 0 Å². The van der Waals surface area contributed by atoms with Crippen molar-refractivity contribution in [2.45, 2.75) is 57.3 Å². The van der Waals surface area contributed by atoms with Crippen LogP contribution in [0.1, 0.15) is 57.2 Å². The fourth-order valence-electron chi connectivity index (χ4n) is 2.79. The molecular formula is C13H18N2O3. The van der Waals surface area contributed by atoms with Crippen molar-refractivity contribution in [3.05, 3.63) is 11.7 Å². The Balaban J connectivity index is 1.79. The SMILES string of the molecule is CC1(c2noc(CC3(C(=O)O)CCCC3)n2)CC1. The second kappa shape index (κ2) is 3.80. The fraction of sp³-hybridized carbons (Fsp3) is 0.769. The third-order valence-electron chi connectivity index (χ3n) is 4.51. The number of carbonyl (C=O) groups is 1. The van der Waals surface area contributed by atoms with Gasteiger partial charge in [-0.2, -0.15) is 4.98 Å². The molecule has 0 saturated heterocycles. The van der Waals surface area contributed by atoms with Crippen molar-refractivity contribution in [3.8, 4) is 0 Å². The summed E-state index contributed by atoms with van der Waals surface area (Å²) in [5, 5.41) is 13.4. The summed E-state index contributed by atoms with van der Waals surface area (Å²) < 4.78 is 5.24. The minimum absolute atomic E-state index is 0.0772. The maximum atomic E-state index is 11.5. The summed E-state index contributed by atoms with van der Waals surface area (Å²) in [4.78, 5) is 15.8. The van der Waals surface area contributed by atoms with Crippen LogP contribution in [0.5, 0.6) is 0 Å². The maximum absolute atomic E-state index is 11.5. The van der Waals surface area contributed by atoms with Crippen LogP contribution in [-0.4, -0.2) is 21.2 Å². The summed E-state index contributed by atoms with van der Waals surface area (Å²) >= 11 is 0. The van der Waals surface area contributed by atoms with Crippen molar-refractivity contribution in [2.75, 3.05) is 0 Å². The normalized spacial score (nSPS) is 24.1. The van der Waals surface area contributed by atoms with E-state index < -0.39 is 11.4 Å². The van der Waals surface area contributed by atoms with Crippen LogP contribution in [0.2, 0.25) is 0 Å². The molecular weight excluding hydrogens is 232 g/mol. The van der Waals surface area contributed by atoms with Crippen LogP contribution in [0.3, 0.4) is 0 Å². The van der Waals surface area contributed by atoms with Gasteiger partial charge in [-0.1, -0.05) is 24.9 Å². The monoisotopic (exact) mass is 250 g/mol. The molecule has 1 N–H and O–H groups in total. The summed E-state index contributed by atoms with van der Waals surface area (Å²) in [7, 11) is 0. The van der Waals surface area contributed by atoms with Crippen LogP contribution in [-0.2, 0) is 16.6 Å². The van der Waals surface area contributed by atoms with Gasteiger partial charge in [0.1, 0.15) is 0 Å². The first-order valence-corrected chi connectivity index (χ1v) is 6.61. The van der Waals surface area contributed by atoms with Gasteiger partial charge >= 0.3 is 5.97 Å². The highest BCUT2D eigenvalue weighted by atomic mass is 16.5. The van der Waals surface area contributed by atoms with Crippen molar-refractivity contribution in [3.63, 3.8) is 0 Å². The number of carboxylic acids is 1. The fourth-order valence-corrected chi connectivity index (χ4v) is 2.79. The number of aliphatic carboxylic acids is 1. The Bertz CT molecular complexity index is 470. The van der Waals surface area contributed by atoms with E-state index in [9.17, 15) is 9.90 Å². The van der Waals surface area contributed by atoms with Crippen molar-refractivity contribution in [1.29, 1.82) is 0 Å². The number of rotatable bonds is 4. The largest absolute Gasteiger partial charge is 0.481 e. The van der Waals surface area contributed by atoms with Crippen molar-refractivity contribution in [1.82, 2.24) is 10.1 Å². The van der Waals surface area contributed by atoms with Crippen LogP contribution in [0.15, 0.2) is 4.52 Å². The zero-order chi connectivity index (χ0) is 12.8. The summed E-state index contributed by atoms with van der Waals surface area (Å²) in [5.41, 5.74) is -0.595. The predicted molar refractivity (Wildman–Crippen MR) is 63.1 cm³/mol. The Hall–Kier alpha value is -1.39. The van der Waals surface area contributed by atoms with Crippen molar-refractivity contribution in [2.24, 2.45) is 5.41 Å². The van der Waals surface area contributed by atoms with Gasteiger partial charge in [0, 0.05) is 11.8 Å². The first-order chi connectivity index (χ1) is 8.54. The predicted octanol–water partition coefficient (Wildman–Crippen LogP) is 2.31. The summed E-state index contributed by atoms with van der Waals surface area (Å²) in [6.07, 6.45) is 5.96. The van der Waals surface area contributed by atoms with E-state index in [-0.39, 0.29) is 5.41 Å². The molecule has 0 amide bonds. The number of aromatic nitrogens is 2. The van der Waals surface area contributed by atoms with Crippen LogP contribution in [0.4, 0.5) is 0 Å². The molecule has 0 atom stereocenters. The first-order valence-electron chi connectivity index (χ1n) is 6.61. The molecule has 0 unspecified atom stereocenters. The van der Waals surface area contributed by atoms with E-state index in [1.807, 2.05) is 0 Å². The molecule has 1 heterocycles. The maximum Gasteiger partial charge on any atom is 0.310 e. The average molecular weight is 250 g/mol. The molecule has 2 aliphatic rings. The molecule has 5 nitrogen and oxygen atoms in total. The molecule has 1 aromatic heterocycles. The second-order valence-corrected chi connectivity index (χ2v) is 6.04. The van der Waals surface area contributed by atoms with E-state index in [0.29, 0.717) is 12.3 Å². The van der Waals surface area contributed by atoms with Gasteiger partial charge in [0.15, 0.2) is 5.82 Å². The van der Waals surface area contributed by atoms with Gasteiger partial charge in [0.2, 0.25) is 5.89 Å². The number of nitrogens with zero attached hydrogens (tertiary/aromatic N) is 2. The standard InChI is InChI=1S/C13H18N2O3/c1-12(6-7-12)10-14-9(18-15-10)8-13(11(16)17)4-2-3-5-13/h2-8H2,1H3,(H,16,17). The molecule has 98 valence electrons. The average Bonchev–Trinajstić information content (AvgIpc) is 2.82. The molecule has 0 spiro atoms. The molecule has 1 aromatic rings. The highest BCUT2D eigenvalue weighted by molar-refractivity contribution is 5.75. The van der Waals surface area contributed by atoms with E-state index in [4.69, 9.17) is 4.52 Å². The van der Waals surface area contributed by atoms with E-state index in [0.717, 1.165) is 44.3 Å². The molecule has 5 heteroatoms. The molecule has 2 aliphatic carbocycles. The van der Waals surface area contributed by atoms with Gasteiger partial charge in [-0.15, -0.1) is 0 Å². The van der Waals surface area contributed by atoms with Crippen molar-refractivity contribution >= 4 is 5.97 Å². The summed E-state index contributed by atoms with van der Waals surface area (Å²) in [6, 6.07) is 0. The van der Waals surface area contributed by atoms with Crippen LogP contribution in [0, 0.1) is 5.41 Å². The van der Waals surface area contributed by atoms with E-state index >= 15 is 0 Å². The van der Waals surface area contributed by atoms with Gasteiger partial charge in [-0.05, 0) is 25.7 Å². The molecule has 3 rings (SSSR count). The Morgan fingerprint density at radius 1 is 1.33 bits per heavy atom. The lowest BCUT2D eigenvalue weighted by atomic mass is 9.83. The molecule has 2 saturated carbocycles. The minimum atomic E-state index is -0.725. The quantitative estimate of drug-likeness (QED) is 0.887. The topological polar surface area (TPSA) is 76.2 Å². The molecule has 0 aliphatic heterocycles. The number of carboxylic acid groups (broad SMARTS) is 1. The molecule has 18 heavy (non-hydrogen) atoms. The Morgan fingerprint density at radius 2 is 2.00 bits per heavy atom. The zero-order valence-electron chi connectivity index (χ0n) is 10.6. The van der Waals surface area contributed by atoms with E-state index in [2.05, 4.69) is 17.1 Å². The van der Waals surface area contributed by atoms with Crippen molar-refractivity contribution < 1.29 is 14.4 Å². The van der Waals surface area contributed by atoms with Crippen LogP contribution < -0.4 is 0 Å². The highest BCUT2D eigenvalue weighted by Crippen LogP contribution is 2.46. The van der Waals surface area contributed by atoms with Gasteiger partial charge in [0.05, 0.1) is 5.41 Å². The lowest BCUT2D eigenvalue weighted by Gasteiger charge is -2.21. The third-order valence-corrected chi connectivity index (χ3v) is 4.51.